The summed E-state index contributed by atoms with van der Waals surface area (Å²) in [6.07, 6.45) is 1.96. The van der Waals surface area contributed by atoms with E-state index in [0.29, 0.717) is 29.1 Å². The van der Waals surface area contributed by atoms with Gasteiger partial charge in [0.15, 0.2) is 0 Å². The fraction of sp³-hybridized carbons (Fsp3) is 0.444. The third-order valence-electron chi connectivity index (χ3n) is 4.08. The highest BCUT2D eigenvalue weighted by Crippen LogP contribution is 2.29. The molecule has 1 aromatic heterocycles. The Labute approximate surface area is 146 Å². The summed E-state index contributed by atoms with van der Waals surface area (Å²) in [6, 6.07) is 5.25. The maximum absolute atomic E-state index is 12.7. The topological polar surface area (TPSA) is 115 Å². The number of rotatable bonds is 8. The Bertz CT molecular complexity index is 783. The van der Waals surface area contributed by atoms with E-state index in [2.05, 4.69) is 12.2 Å². The summed E-state index contributed by atoms with van der Waals surface area (Å²) in [7, 11) is 0. The van der Waals surface area contributed by atoms with Gasteiger partial charge >= 0.3 is 0 Å². The van der Waals surface area contributed by atoms with Gasteiger partial charge in [0, 0.05) is 5.39 Å². The van der Waals surface area contributed by atoms with Crippen molar-refractivity contribution in [1.82, 2.24) is 5.32 Å². The van der Waals surface area contributed by atoms with Crippen LogP contribution in [0, 0.1) is 6.92 Å². The van der Waals surface area contributed by atoms with Gasteiger partial charge in [-0.3, -0.25) is 9.59 Å². The molecule has 1 unspecified atom stereocenters. The second-order valence-electron chi connectivity index (χ2n) is 6.20. The van der Waals surface area contributed by atoms with E-state index in [0.717, 1.165) is 12.8 Å². The summed E-state index contributed by atoms with van der Waals surface area (Å²) in [5.41, 5.74) is 4.54. The lowest BCUT2D eigenvalue weighted by Crippen LogP contribution is -2.57. The lowest BCUT2D eigenvalue weighted by Gasteiger charge is -2.24. The number of hydrogen-bond donors (Lipinski definition) is 3. The smallest absolute Gasteiger partial charge is 0.256 e. The number of fused-ring (bicyclic) bond motifs is 1. The summed E-state index contributed by atoms with van der Waals surface area (Å²) in [4.78, 5) is 24.2. The van der Waals surface area contributed by atoms with Crippen molar-refractivity contribution >= 4 is 22.8 Å². The number of nitrogens with two attached hydrogens (primary N) is 1. The van der Waals surface area contributed by atoms with Crippen LogP contribution in [0.4, 0.5) is 0 Å². The first-order valence-electron chi connectivity index (χ1n) is 8.21. The average Bonchev–Trinajstić information content (AvgIpc) is 2.90. The number of aliphatic hydroxyl groups excluding tert-OH is 1. The molecule has 0 bridgehead atoms. The van der Waals surface area contributed by atoms with Gasteiger partial charge < -0.3 is 25.3 Å². The molecule has 136 valence electrons. The lowest BCUT2D eigenvalue weighted by molar-refractivity contribution is -0.124. The zero-order valence-corrected chi connectivity index (χ0v) is 14.7. The Kier molecular flexibility index (Phi) is 5.69. The van der Waals surface area contributed by atoms with E-state index >= 15 is 0 Å². The lowest BCUT2D eigenvalue weighted by atomic mass is 10.0. The standard InChI is InChI=1S/C18H24N2O5/c1-4-5-8-24-12-6-7-14-13(9-12)15(11(2)25-14)16(22)20-18(3,10-21)17(19)23/h6-7,9,21H,4-5,8,10H2,1-3H3,(H2,19,23)(H,20,22). The molecule has 0 spiro atoms. The van der Waals surface area contributed by atoms with Crippen LogP contribution in [-0.2, 0) is 4.79 Å². The maximum atomic E-state index is 12.7. The molecule has 1 atom stereocenters. The van der Waals surface area contributed by atoms with E-state index < -0.39 is 24.0 Å². The van der Waals surface area contributed by atoms with Gasteiger partial charge in [0.05, 0.1) is 18.8 Å². The Morgan fingerprint density at radius 1 is 1.40 bits per heavy atom. The monoisotopic (exact) mass is 348 g/mol. The number of amides is 2. The molecular formula is C18H24N2O5. The summed E-state index contributed by atoms with van der Waals surface area (Å²) < 4.78 is 11.3. The minimum absolute atomic E-state index is 0.289. The van der Waals surface area contributed by atoms with Gasteiger partial charge in [0.25, 0.3) is 5.91 Å². The summed E-state index contributed by atoms with van der Waals surface area (Å²) in [5.74, 6) is -0.326. The molecular weight excluding hydrogens is 324 g/mol. The number of aryl methyl sites for hydroxylation is 1. The molecule has 0 aliphatic heterocycles. The quantitative estimate of drug-likeness (QED) is 0.630. The molecule has 25 heavy (non-hydrogen) atoms. The number of ether oxygens (including phenoxy) is 1. The van der Waals surface area contributed by atoms with E-state index in [1.54, 1.807) is 25.1 Å². The van der Waals surface area contributed by atoms with Crippen molar-refractivity contribution in [2.45, 2.75) is 39.2 Å². The van der Waals surface area contributed by atoms with Gasteiger partial charge in [-0.05, 0) is 38.5 Å². The zero-order chi connectivity index (χ0) is 18.6. The molecule has 0 radical (unpaired) electrons. The number of unbranched alkanes of at least 4 members (excludes halogenated alkanes) is 1. The van der Waals surface area contributed by atoms with Gasteiger partial charge in [-0.2, -0.15) is 0 Å². The van der Waals surface area contributed by atoms with Crippen LogP contribution in [0.2, 0.25) is 0 Å². The molecule has 1 aromatic carbocycles. The summed E-state index contributed by atoms with van der Waals surface area (Å²) >= 11 is 0. The van der Waals surface area contributed by atoms with Crippen LogP contribution in [-0.4, -0.2) is 35.7 Å². The molecule has 2 aromatic rings. The predicted octanol–water partition coefficient (Wildman–Crippen LogP) is 1.89. The number of carbonyl (C=O) groups is 2. The highest BCUT2D eigenvalue weighted by Gasteiger charge is 2.34. The van der Waals surface area contributed by atoms with Gasteiger partial charge in [0.1, 0.15) is 22.6 Å². The van der Waals surface area contributed by atoms with Crippen LogP contribution in [0.25, 0.3) is 11.0 Å². The minimum atomic E-state index is -1.55. The van der Waals surface area contributed by atoms with Crippen molar-refractivity contribution < 1.29 is 23.8 Å². The molecule has 2 rings (SSSR count). The molecule has 4 N–H and O–H groups in total. The van der Waals surface area contributed by atoms with Crippen molar-refractivity contribution in [2.75, 3.05) is 13.2 Å². The maximum Gasteiger partial charge on any atom is 0.256 e. The fourth-order valence-electron chi connectivity index (χ4n) is 2.40. The van der Waals surface area contributed by atoms with Crippen LogP contribution < -0.4 is 15.8 Å². The van der Waals surface area contributed by atoms with Crippen LogP contribution in [0.15, 0.2) is 22.6 Å². The first-order chi connectivity index (χ1) is 11.8. The van der Waals surface area contributed by atoms with Crippen LogP contribution in [0.3, 0.4) is 0 Å². The minimum Gasteiger partial charge on any atom is -0.494 e. The predicted molar refractivity (Wildman–Crippen MR) is 93.5 cm³/mol. The summed E-state index contributed by atoms with van der Waals surface area (Å²) in [5, 5.41) is 12.5. The molecule has 2 amide bonds. The third-order valence-corrected chi connectivity index (χ3v) is 4.08. The number of carbonyl (C=O) groups excluding carboxylic acids is 2. The number of benzene rings is 1. The Balaban J connectivity index is 2.35. The second-order valence-corrected chi connectivity index (χ2v) is 6.20. The Hall–Kier alpha value is -2.54. The van der Waals surface area contributed by atoms with Crippen molar-refractivity contribution in [3.63, 3.8) is 0 Å². The molecule has 7 heteroatoms. The van der Waals surface area contributed by atoms with E-state index in [9.17, 15) is 14.7 Å². The number of primary amides is 1. The molecule has 0 aliphatic rings. The molecule has 1 heterocycles. The number of hydrogen-bond acceptors (Lipinski definition) is 5. The Morgan fingerprint density at radius 2 is 2.12 bits per heavy atom. The van der Waals surface area contributed by atoms with Crippen LogP contribution in [0.1, 0.15) is 42.8 Å². The van der Waals surface area contributed by atoms with E-state index in [4.69, 9.17) is 14.9 Å². The molecule has 0 saturated heterocycles. The highest BCUT2D eigenvalue weighted by molar-refractivity contribution is 6.09. The molecule has 0 saturated carbocycles. The Morgan fingerprint density at radius 3 is 2.72 bits per heavy atom. The fourth-order valence-corrected chi connectivity index (χ4v) is 2.40. The highest BCUT2D eigenvalue weighted by atomic mass is 16.5. The second kappa shape index (κ2) is 7.57. The third kappa shape index (κ3) is 3.93. The SMILES string of the molecule is CCCCOc1ccc2oc(C)c(C(=O)NC(C)(CO)C(N)=O)c2c1. The van der Waals surface area contributed by atoms with Crippen molar-refractivity contribution in [3.8, 4) is 5.75 Å². The normalized spacial score (nSPS) is 13.4. The average molecular weight is 348 g/mol. The zero-order valence-electron chi connectivity index (χ0n) is 14.7. The van der Waals surface area contributed by atoms with Gasteiger partial charge in [-0.1, -0.05) is 13.3 Å². The number of aliphatic hydroxyl groups is 1. The largest absolute Gasteiger partial charge is 0.494 e. The molecule has 0 fully saturated rings. The molecule has 0 aliphatic carbocycles. The van der Waals surface area contributed by atoms with Crippen molar-refractivity contribution in [2.24, 2.45) is 5.73 Å². The number of nitrogens with one attached hydrogen (secondary N) is 1. The van der Waals surface area contributed by atoms with E-state index in [1.807, 2.05) is 0 Å². The van der Waals surface area contributed by atoms with E-state index in [1.165, 1.54) is 6.92 Å². The van der Waals surface area contributed by atoms with Gasteiger partial charge in [-0.25, -0.2) is 0 Å². The van der Waals surface area contributed by atoms with E-state index in [-0.39, 0.29) is 5.56 Å². The number of furan rings is 1. The summed E-state index contributed by atoms with van der Waals surface area (Å²) in [6.45, 7) is 5.08. The molecule has 7 nitrogen and oxygen atoms in total. The van der Waals surface area contributed by atoms with Crippen molar-refractivity contribution in [1.29, 1.82) is 0 Å². The first kappa shape index (κ1) is 18.8. The first-order valence-corrected chi connectivity index (χ1v) is 8.21. The van der Waals surface area contributed by atoms with Crippen molar-refractivity contribution in [3.05, 3.63) is 29.5 Å². The van der Waals surface area contributed by atoms with Crippen LogP contribution in [0.5, 0.6) is 5.75 Å². The van der Waals surface area contributed by atoms with Gasteiger partial charge in [0.2, 0.25) is 5.91 Å². The van der Waals surface area contributed by atoms with Crippen LogP contribution >= 0.6 is 0 Å². The van der Waals surface area contributed by atoms with Gasteiger partial charge in [-0.15, -0.1) is 0 Å².